The SMILES string of the molecule is CCN(C(=O)NCC1(c2ccccc2)CC1)c1ccccc1. The van der Waals surface area contributed by atoms with Crippen molar-refractivity contribution in [3.05, 3.63) is 66.2 Å². The topological polar surface area (TPSA) is 32.3 Å². The highest BCUT2D eigenvalue weighted by Crippen LogP contribution is 2.47. The number of rotatable bonds is 5. The summed E-state index contributed by atoms with van der Waals surface area (Å²) in [5.41, 5.74) is 2.41. The van der Waals surface area contributed by atoms with Crippen molar-refractivity contribution in [2.24, 2.45) is 0 Å². The number of hydrogen-bond donors (Lipinski definition) is 1. The van der Waals surface area contributed by atoms with Crippen LogP contribution in [-0.4, -0.2) is 19.1 Å². The summed E-state index contributed by atoms with van der Waals surface area (Å²) in [6.45, 7) is 3.37. The van der Waals surface area contributed by atoms with E-state index >= 15 is 0 Å². The van der Waals surface area contributed by atoms with Crippen LogP contribution < -0.4 is 10.2 Å². The number of urea groups is 1. The van der Waals surface area contributed by atoms with Crippen LogP contribution in [0.15, 0.2) is 60.7 Å². The van der Waals surface area contributed by atoms with Crippen molar-refractivity contribution in [1.82, 2.24) is 5.32 Å². The lowest BCUT2D eigenvalue weighted by molar-refractivity contribution is 0.245. The number of benzene rings is 2. The Morgan fingerprint density at radius 1 is 1.05 bits per heavy atom. The quantitative estimate of drug-likeness (QED) is 0.889. The molecule has 114 valence electrons. The second-order valence-corrected chi connectivity index (χ2v) is 5.88. The number of anilines is 1. The van der Waals surface area contributed by atoms with Gasteiger partial charge >= 0.3 is 6.03 Å². The Hall–Kier alpha value is -2.29. The lowest BCUT2D eigenvalue weighted by Gasteiger charge is -2.24. The predicted molar refractivity (Wildman–Crippen MR) is 90.2 cm³/mol. The molecular weight excluding hydrogens is 272 g/mol. The molecule has 2 aromatic rings. The van der Waals surface area contributed by atoms with E-state index in [1.165, 1.54) is 5.56 Å². The van der Waals surface area contributed by atoms with Crippen molar-refractivity contribution in [3.8, 4) is 0 Å². The molecule has 1 N–H and O–H groups in total. The van der Waals surface area contributed by atoms with Crippen LogP contribution in [0.1, 0.15) is 25.3 Å². The van der Waals surface area contributed by atoms with Gasteiger partial charge in [0.15, 0.2) is 0 Å². The fourth-order valence-corrected chi connectivity index (χ4v) is 2.90. The molecule has 1 aliphatic carbocycles. The third-order valence-electron chi connectivity index (χ3n) is 4.45. The molecule has 0 aliphatic heterocycles. The Bertz CT molecular complexity index is 620. The Labute approximate surface area is 132 Å². The minimum atomic E-state index is -0.0177. The van der Waals surface area contributed by atoms with Gasteiger partial charge in [-0.15, -0.1) is 0 Å². The van der Waals surface area contributed by atoms with Crippen molar-refractivity contribution in [1.29, 1.82) is 0 Å². The van der Waals surface area contributed by atoms with Crippen molar-refractivity contribution >= 4 is 11.7 Å². The van der Waals surface area contributed by atoms with E-state index in [0.717, 1.165) is 18.5 Å². The summed E-state index contributed by atoms with van der Waals surface area (Å²) >= 11 is 0. The monoisotopic (exact) mass is 294 g/mol. The molecule has 0 unspecified atom stereocenters. The summed E-state index contributed by atoms with van der Waals surface area (Å²) in [6.07, 6.45) is 2.30. The molecule has 3 rings (SSSR count). The number of amides is 2. The van der Waals surface area contributed by atoms with Crippen LogP contribution in [-0.2, 0) is 5.41 Å². The van der Waals surface area contributed by atoms with E-state index in [2.05, 4.69) is 29.6 Å². The van der Waals surface area contributed by atoms with Crippen molar-refractivity contribution < 1.29 is 4.79 Å². The molecule has 0 saturated heterocycles. The molecule has 1 fully saturated rings. The van der Waals surface area contributed by atoms with Crippen LogP contribution in [0.4, 0.5) is 10.5 Å². The Morgan fingerprint density at radius 2 is 1.64 bits per heavy atom. The maximum atomic E-state index is 12.5. The zero-order valence-electron chi connectivity index (χ0n) is 13.0. The molecule has 0 heterocycles. The van der Waals surface area contributed by atoms with E-state index in [1.807, 2.05) is 43.3 Å². The maximum absolute atomic E-state index is 12.5. The summed E-state index contributed by atoms with van der Waals surface area (Å²) in [7, 11) is 0. The first-order valence-corrected chi connectivity index (χ1v) is 7.91. The van der Waals surface area contributed by atoms with Gasteiger partial charge in [0.1, 0.15) is 0 Å². The summed E-state index contributed by atoms with van der Waals surface area (Å²) < 4.78 is 0. The third kappa shape index (κ3) is 2.98. The number of para-hydroxylation sites is 1. The molecule has 0 atom stereocenters. The Morgan fingerprint density at radius 3 is 2.18 bits per heavy atom. The van der Waals surface area contributed by atoms with Crippen molar-refractivity contribution in [2.45, 2.75) is 25.2 Å². The van der Waals surface area contributed by atoms with Gasteiger partial charge in [-0.1, -0.05) is 48.5 Å². The molecule has 3 heteroatoms. The number of nitrogens with zero attached hydrogens (tertiary/aromatic N) is 1. The second kappa shape index (κ2) is 6.22. The fourth-order valence-electron chi connectivity index (χ4n) is 2.90. The number of nitrogens with one attached hydrogen (secondary N) is 1. The normalized spacial score (nSPS) is 15.1. The minimum Gasteiger partial charge on any atom is -0.337 e. The van der Waals surface area contributed by atoms with Crippen molar-refractivity contribution in [3.63, 3.8) is 0 Å². The summed E-state index contributed by atoms with van der Waals surface area (Å²) in [5.74, 6) is 0. The highest BCUT2D eigenvalue weighted by atomic mass is 16.2. The van der Waals surface area contributed by atoms with E-state index in [4.69, 9.17) is 0 Å². The standard InChI is InChI=1S/C19H22N2O/c1-2-21(17-11-7-4-8-12-17)18(22)20-15-19(13-14-19)16-9-5-3-6-10-16/h3-12H,2,13-15H2,1H3,(H,20,22). The van der Waals surface area contributed by atoms with Gasteiger partial charge in [0.2, 0.25) is 0 Å². The van der Waals surface area contributed by atoms with Crippen LogP contribution in [0.25, 0.3) is 0 Å². The maximum Gasteiger partial charge on any atom is 0.321 e. The smallest absolute Gasteiger partial charge is 0.321 e. The molecule has 0 aromatic heterocycles. The Kier molecular flexibility index (Phi) is 4.14. The highest BCUT2D eigenvalue weighted by Gasteiger charge is 2.44. The highest BCUT2D eigenvalue weighted by molar-refractivity contribution is 5.91. The molecule has 0 spiro atoms. The van der Waals surface area contributed by atoms with Gasteiger partial charge < -0.3 is 5.32 Å². The first-order valence-electron chi connectivity index (χ1n) is 7.91. The predicted octanol–water partition coefficient (Wildman–Crippen LogP) is 3.95. The van der Waals surface area contributed by atoms with Crippen LogP contribution >= 0.6 is 0 Å². The van der Waals surface area contributed by atoms with Crippen LogP contribution in [0.3, 0.4) is 0 Å². The first kappa shape index (κ1) is 14.6. The molecule has 22 heavy (non-hydrogen) atoms. The minimum absolute atomic E-state index is 0.0177. The Balaban J connectivity index is 1.65. The molecule has 0 radical (unpaired) electrons. The second-order valence-electron chi connectivity index (χ2n) is 5.88. The zero-order valence-corrected chi connectivity index (χ0v) is 13.0. The lowest BCUT2D eigenvalue weighted by atomic mass is 9.96. The van der Waals surface area contributed by atoms with Gasteiger partial charge in [0, 0.05) is 24.2 Å². The van der Waals surface area contributed by atoms with E-state index in [0.29, 0.717) is 13.1 Å². The van der Waals surface area contributed by atoms with Crippen LogP contribution in [0, 0.1) is 0 Å². The van der Waals surface area contributed by atoms with Crippen molar-refractivity contribution in [2.75, 3.05) is 18.0 Å². The van der Waals surface area contributed by atoms with Gasteiger partial charge in [-0.2, -0.15) is 0 Å². The summed E-state index contributed by atoms with van der Waals surface area (Å²) in [6, 6.07) is 20.3. The molecule has 2 amide bonds. The van der Waals surface area contributed by atoms with E-state index < -0.39 is 0 Å². The van der Waals surface area contributed by atoms with Crippen LogP contribution in [0.5, 0.6) is 0 Å². The molecule has 1 aliphatic rings. The molecule has 2 aromatic carbocycles. The zero-order chi connectivity index (χ0) is 15.4. The molecular formula is C19H22N2O. The van der Waals surface area contributed by atoms with Gasteiger partial charge in [0.05, 0.1) is 0 Å². The van der Waals surface area contributed by atoms with Gasteiger partial charge in [0.25, 0.3) is 0 Å². The van der Waals surface area contributed by atoms with E-state index in [9.17, 15) is 4.79 Å². The van der Waals surface area contributed by atoms with E-state index in [-0.39, 0.29) is 11.4 Å². The molecule has 1 saturated carbocycles. The van der Waals surface area contributed by atoms with Crippen LogP contribution in [0.2, 0.25) is 0 Å². The average Bonchev–Trinajstić information content (AvgIpc) is 3.37. The molecule has 3 nitrogen and oxygen atoms in total. The average molecular weight is 294 g/mol. The van der Waals surface area contributed by atoms with E-state index in [1.54, 1.807) is 4.90 Å². The van der Waals surface area contributed by atoms with Gasteiger partial charge in [-0.25, -0.2) is 4.79 Å². The first-order chi connectivity index (χ1) is 10.7. The fraction of sp³-hybridized carbons (Fsp3) is 0.316. The van der Waals surface area contributed by atoms with Gasteiger partial charge in [-0.3, -0.25) is 4.90 Å². The summed E-state index contributed by atoms with van der Waals surface area (Å²) in [5, 5.41) is 3.12. The lowest BCUT2D eigenvalue weighted by Crippen LogP contribution is -2.43. The number of hydrogen-bond acceptors (Lipinski definition) is 1. The summed E-state index contributed by atoms with van der Waals surface area (Å²) in [4.78, 5) is 14.3. The van der Waals surface area contributed by atoms with Gasteiger partial charge in [-0.05, 0) is 37.5 Å². The molecule has 0 bridgehead atoms. The number of carbonyl (C=O) groups is 1. The number of carbonyl (C=O) groups excluding carboxylic acids is 1. The largest absolute Gasteiger partial charge is 0.337 e. The third-order valence-corrected chi connectivity index (χ3v) is 4.45.